The quantitative estimate of drug-likeness (QED) is 0.907. The van der Waals surface area contributed by atoms with E-state index in [2.05, 4.69) is 34.2 Å². The zero-order chi connectivity index (χ0) is 13.8. The summed E-state index contributed by atoms with van der Waals surface area (Å²) < 4.78 is 1.91. The molecule has 102 valence electrons. The third-order valence-corrected chi connectivity index (χ3v) is 3.84. The molecule has 0 fully saturated rings. The Bertz CT molecular complexity index is 535. The Morgan fingerprint density at radius 2 is 2.16 bits per heavy atom. The first-order chi connectivity index (χ1) is 9.08. The molecule has 2 aromatic heterocycles. The van der Waals surface area contributed by atoms with Crippen LogP contribution in [0.5, 0.6) is 0 Å². The van der Waals surface area contributed by atoms with Gasteiger partial charge in [-0.2, -0.15) is 5.10 Å². The van der Waals surface area contributed by atoms with Crippen LogP contribution in [0.15, 0.2) is 28.6 Å². The van der Waals surface area contributed by atoms with E-state index in [-0.39, 0.29) is 0 Å². The first-order valence-electron chi connectivity index (χ1n) is 6.27. The third-order valence-electron chi connectivity index (χ3n) is 2.72. The van der Waals surface area contributed by atoms with E-state index in [1.807, 2.05) is 18.7 Å². The number of hydrogen-bond acceptors (Lipinski definition) is 5. The molecule has 0 atom stereocenters. The fourth-order valence-corrected chi connectivity index (χ4v) is 2.70. The number of hydrogen-bond donors (Lipinski definition) is 1. The standard InChI is InChI=1S/C13H19N5S/c1-9(2)16-7-11-10(3)17-18(4)13(11)19-12-8-14-5-6-15-12/h5-6,8-9,16H,7H2,1-4H3. The molecule has 0 aromatic carbocycles. The largest absolute Gasteiger partial charge is 0.310 e. The van der Waals surface area contributed by atoms with E-state index in [0.717, 1.165) is 22.3 Å². The van der Waals surface area contributed by atoms with Crippen LogP contribution in [0, 0.1) is 6.92 Å². The first-order valence-corrected chi connectivity index (χ1v) is 7.09. The number of aromatic nitrogens is 4. The highest BCUT2D eigenvalue weighted by Gasteiger charge is 2.15. The van der Waals surface area contributed by atoms with Gasteiger partial charge < -0.3 is 5.32 Å². The molecule has 6 heteroatoms. The monoisotopic (exact) mass is 277 g/mol. The molecular formula is C13H19N5S. The maximum atomic E-state index is 4.49. The number of nitrogens with zero attached hydrogens (tertiary/aromatic N) is 4. The second-order valence-corrected chi connectivity index (χ2v) is 5.68. The fourth-order valence-electron chi connectivity index (χ4n) is 1.76. The summed E-state index contributed by atoms with van der Waals surface area (Å²) in [4.78, 5) is 8.39. The van der Waals surface area contributed by atoms with E-state index in [1.165, 1.54) is 5.56 Å². The van der Waals surface area contributed by atoms with E-state index < -0.39 is 0 Å². The average Bonchev–Trinajstić information content (AvgIpc) is 2.63. The fraction of sp³-hybridized carbons (Fsp3) is 0.462. The van der Waals surface area contributed by atoms with Crippen LogP contribution in [0.2, 0.25) is 0 Å². The normalized spacial score (nSPS) is 11.2. The summed E-state index contributed by atoms with van der Waals surface area (Å²) in [5.41, 5.74) is 2.29. The smallest absolute Gasteiger partial charge is 0.121 e. The molecule has 1 N–H and O–H groups in total. The summed E-state index contributed by atoms with van der Waals surface area (Å²) in [5.74, 6) is 0. The molecule has 2 heterocycles. The molecule has 5 nitrogen and oxygen atoms in total. The lowest BCUT2D eigenvalue weighted by atomic mass is 10.2. The van der Waals surface area contributed by atoms with Crippen molar-refractivity contribution < 1.29 is 0 Å². The van der Waals surface area contributed by atoms with E-state index in [1.54, 1.807) is 30.4 Å². The lowest BCUT2D eigenvalue weighted by Crippen LogP contribution is -2.22. The van der Waals surface area contributed by atoms with E-state index >= 15 is 0 Å². The van der Waals surface area contributed by atoms with Crippen molar-refractivity contribution in [1.29, 1.82) is 0 Å². The van der Waals surface area contributed by atoms with Gasteiger partial charge >= 0.3 is 0 Å². The van der Waals surface area contributed by atoms with Gasteiger partial charge in [-0.1, -0.05) is 13.8 Å². The van der Waals surface area contributed by atoms with Crippen LogP contribution in [0.4, 0.5) is 0 Å². The highest BCUT2D eigenvalue weighted by molar-refractivity contribution is 7.99. The van der Waals surface area contributed by atoms with Gasteiger partial charge in [-0.25, -0.2) is 4.98 Å². The van der Waals surface area contributed by atoms with Gasteiger partial charge in [-0.15, -0.1) is 0 Å². The van der Waals surface area contributed by atoms with Crippen molar-refractivity contribution in [1.82, 2.24) is 25.1 Å². The molecule has 0 spiro atoms. The maximum Gasteiger partial charge on any atom is 0.121 e. The van der Waals surface area contributed by atoms with Crippen molar-refractivity contribution in [2.45, 2.75) is 43.4 Å². The van der Waals surface area contributed by atoms with Crippen molar-refractivity contribution in [3.63, 3.8) is 0 Å². The molecule has 0 saturated heterocycles. The van der Waals surface area contributed by atoms with Gasteiger partial charge in [0.15, 0.2) is 0 Å². The van der Waals surface area contributed by atoms with Crippen LogP contribution in [0.3, 0.4) is 0 Å². The van der Waals surface area contributed by atoms with Crippen molar-refractivity contribution in [2.75, 3.05) is 0 Å². The zero-order valence-corrected chi connectivity index (χ0v) is 12.5. The topological polar surface area (TPSA) is 55.6 Å². The van der Waals surface area contributed by atoms with Crippen LogP contribution >= 0.6 is 11.8 Å². The van der Waals surface area contributed by atoms with Crippen molar-refractivity contribution in [3.05, 3.63) is 29.8 Å². The van der Waals surface area contributed by atoms with Gasteiger partial charge in [0.1, 0.15) is 10.1 Å². The van der Waals surface area contributed by atoms with Crippen LogP contribution in [-0.4, -0.2) is 25.8 Å². The Morgan fingerprint density at radius 1 is 1.37 bits per heavy atom. The Labute approximate surface area is 117 Å². The summed E-state index contributed by atoms with van der Waals surface area (Å²) >= 11 is 1.60. The highest BCUT2D eigenvalue weighted by Crippen LogP contribution is 2.29. The Balaban J connectivity index is 2.23. The SMILES string of the molecule is Cc1nn(C)c(Sc2cnccn2)c1CNC(C)C. The molecule has 0 aliphatic rings. The van der Waals surface area contributed by atoms with E-state index in [4.69, 9.17) is 0 Å². The number of nitrogens with one attached hydrogen (secondary N) is 1. The van der Waals surface area contributed by atoms with Gasteiger partial charge in [0, 0.05) is 37.6 Å². The third kappa shape index (κ3) is 3.54. The predicted molar refractivity (Wildman–Crippen MR) is 76.1 cm³/mol. The molecule has 2 aromatic rings. The minimum atomic E-state index is 0.453. The van der Waals surface area contributed by atoms with Crippen molar-refractivity contribution in [3.8, 4) is 0 Å². The Kier molecular flexibility index (Phi) is 4.55. The van der Waals surface area contributed by atoms with Crippen LogP contribution in [0.1, 0.15) is 25.1 Å². The summed E-state index contributed by atoms with van der Waals surface area (Å²) in [6.45, 7) is 7.14. The highest BCUT2D eigenvalue weighted by atomic mass is 32.2. The molecule has 0 saturated carbocycles. The Morgan fingerprint density at radius 3 is 2.79 bits per heavy atom. The first kappa shape index (κ1) is 14.0. The van der Waals surface area contributed by atoms with Gasteiger partial charge in [0.2, 0.25) is 0 Å². The maximum absolute atomic E-state index is 4.49. The average molecular weight is 277 g/mol. The lowest BCUT2D eigenvalue weighted by molar-refractivity contribution is 0.580. The van der Waals surface area contributed by atoms with Gasteiger partial charge in [0.25, 0.3) is 0 Å². The minimum Gasteiger partial charge on any atom is -0.310 e. The summed E-state index contributed by atoms with van der Waals surface area (Å²) in [6, 6.07) is 0.453. The lowest BCUT2D eigenvalue weighted by Gasteiger charge is -2.09. The summed E-state index contributed by atoms with van der Waals surface area (Å²) in [6.07, 6.45) is 5.16. The molecule has 0 amide bonds. The van der Waals surface area contributed by atoms with Crippen molar-refractivity contribution in [2.24, 2.45) is 7.05 Å². The molecule has 19 heavy (non-hydrogen) atoms. The summed E-state index contributed by atoms with van der Waals surface area (Å²) in [7, 11) is 1.96. The van der Waals surface area contributed by atoms with Crippen LogP contribution in [0.25, 0.3) is 0 Å². The van der Waals surface area contributed by atoms with E-state index in [0.29, 0.717) is 6.04 Å². The number of rotatable bonds is 5. The molecular weight excluding hydrogens is 258 g/mol. The van der Waals surface area contributed by atoms with Crippen LogP contribution in [-0.2, 0) is 13.6 Å². The second kappa shape index (κ2) is 6.16. The molecule has 0 unspecified atom stereocenters. The second-order valence-electron chi connectivity index (χ2n) is 4.67. The molecule has 0 aliphatic heterocycles. The molecule has 0 aliphatic carbocycles. The predicted octanol–water partition coefficient (Wildman–Crippen LogP) is 2.17. The molecule has 0 bridgehead atoms. The van der Waals surface area contributed by atoms with E-state index in [9.17, 15) is 0 Å². The summed E-state index contributed by atoms with van der Waals surface area (Å²) in [5, 5.41) is 9.93. The number of aryl methyl sites for hydroxylation is 2. The molecule has 0 radical (unpaired) electrons. The van der Waals surface area contributed by atoms with Gasteiger partial charge in [-0.3, -0.25) is 9.67 Å². The van der Waals surface area contributed by atoms with Crippen molar-refractivity contribution >= 4 is 11.8 Å². The minimum absolute atomic E-state index is 0.453. The Hall–Kier alpha value is -1.40. The zero-order valence-electron chi connectivity index (χ0n) is 11.7. The molecule has 2 rings (SSSR count). The van der Waals surface area contributed by atoms with Gasteiger partial charge in [0.05, 0.1) is 11.9 Å². The van der Waals surface area contributed by atoms with Gasteiger partial charge in [-0.05, 0) is 18.7 Å². The van der Waals surface area contributed by atoms with Crippen LogP contribution < -0.4 is 5.32 Å².